The zero-order chi connectivity index (χ0) is 18.5. The first-order chi connectivity index (χ1) is 12.5. The standard InChI is InChI=1S/C20H21ClF2N2O/c21-17-11-19(23)18(22)10-16(17)20(26)24-12-14-6-2-3-7-15(14)13-25-8-4-1-5-9-25/h2-3,6-7,10-11H,1,4-5,8-9,12-13H2,(H,24,26). The number of hydrogen-bond acceptors (Lipinski definition) is 2. The minimum atomic E-state index is -1.09. The fourth-order valence-corrected chi connectivity index (χ4v) is 3.45. The SMILES string of the molecule is O=C(NCc1ccccc1CN1CCCCC1)c1cc(F)c(F)cc1Cl. The first kappa shape index (κ1) is 18.8. The Morgan fingerprint density at radius 3 is 2.42 bits per heavy atom. The van der Waals surface area contributed by atoms with Crippen molar-refractivity contribution >= 4 is 17.5 Å². The summed E-state index contributed by atoms with van der Waals surface area (Å²) in [5.41, 5.74) is 2.09. The lowest BCUT2D eigenvalue weighted by molar-refractivity contribution is 0.0950. The molecule has 0 aliphatic carbocycles. The van der Waals surface area contributed by atoms with E-state index in [9.17, 15) is 13.6 Å². The van der Waals surface area contributed by atoms with Crippen LogP contribution in [0.1, 0.15) is 40.7 Å². The molecule has 1 fully saturated rings. The second-order valence-electron chi connectivity index (χ2n) is 6.53. The minimum Gasteiger partial charge on any atom is -0.348 e. The maximum absolute atomic E-state index is 13.4. The molecule has 26 heavy (non-hydrogen) atoms. The zero-order valence-electron chi connectivity index (χ0n) is 14.4. The van der Waals surface area contributed by atoms with E-state index in [4.69, 9.17) is 11.6 Å². The molecule has 0 saturated carbocycles. The molecule has 0 spiro atoms. The molecule has 1 heterocycles. The Morgan fingerprint density at radius 1 is 1.04 bits per heavy atom. The highest BCUT2D eigenvalue weighted by molar-refractivity contribution is 6.33. The zero-order valence-corrected chi connectivity index (χ0v) is 15.2. The summed E-state index contributed by atoms with van der Waals surface area (Å²) in [6.45, 7) is 3.33. The van der Waals surface area contributed by atoms with Gasteiger partial charge in [-0.25, -0.2) is 8.78 Å². The quantitative estimate of drug-likeness (QED) is 0.775. The van der Waals surface area contributed by atoms with Gasteiger partial charge in [0, 0.05) is 13.1 Å². The Balaban J connectivity index is 1.68. The van der Waals surface area contributed by atoms with E-state index in [2.05, 4.69) is 16.3 Å². The topological polar surface area (TPSA) is 32.3 Å². The molecule has 0 unspecified atom stereocenters. The molecule has 3 nitrogen and oxygen atoms in total. The predicted octanol–water partition coefficient (Wildman–Crippen LogP) is 4.53. The summed E-state index contributed by atoms with van der Waals surface area (Å²) in [6.07, 6.45) is 3.71. The monoisotopic (exact) mass is 378 g/mol. The molecule has 2 aromatic rings. The Kier molecular flexibility index (Phi) is 6.22. The number of halogens is 3. The number of hydrogen-bond donors (Lipinski definition) is 1. The molecule has 1 saturated heterocycles. The molecule has 138 valence electrons. The Morgan fingerprint density at radius 2 is 1.69 bits per heavy atom. The Hall–Kier alpha value is -1.98. The normalized spacial score (nSPS) is 15.0. The third-order valence-electron chi connectivity index (χ3n) is 4.66. The van der Waals surface area contributed by atoms with Crippen molar-refractivity contribution in [3.8, 4) is 0 Å². The van der Waals surface area contributed by atoms with Gasteiger partial charge in [0.05, 0.1) is 10.6 Å². The van der Waals surface area contributed by atoms with Gasteiger partial charge in [0.15, 0.2) is 11.6 Å². The van der Waals surface area contributed by atoms with Gasteiger partial charge in [-0.1, -0.05) is 42.3 Å². The lowest BCUT2D eigenvalue weighted by Crippen LogP contribution is -2.30. The van der Waals surface area contributed by atoms with Crippen LogP contribution in [0.4, 0.5) is 8.78 Å². The number of carbonyl (C=O) groups is 1. The number of likely N-dealkylation sites (tertiary alicyclic amines) is 1. The first-order valence-electron chi connectivity index (χ1n) is 8.76. The second-order valence-corrected chi connectivity index (χ2v) is 6.94. The molecule has 3 rings (SSSR count). The van der Waals surface area contributed by atoms with Crippen molar-refractivity contribution < 1.29 is 13.6 Å². The molecule has 1 aliphatic rings. The van der Waals surface area contributed by atoms with Crippen LogP contribution in [0, 0.1) is 11.6 Å². The van der Waals surface area contributed by atoms with E-state index < -0.39 is 17.5 Å². The molecule has 0 bridgehead atoms. The van der Waals surface area contributed by atoms with Gasteiger partial charge < -0.3 is 5.32 Å². The molecule has 1 N–H and O–H groups in total. The summed E-state index contributed by atoms with van der Waals surface area (Å²) in [5.74, 6) is -2.69. The lowest BCUT2D eigenvalue weighted by atomic mass is 10.0. The fourth-order valence-electron chi connectivity index (χ4n) is 3.21. The molecular weight excluding hydrogens is 358 g/mol. The summed E-state index contributed by atoms with van der Waals surface area (Å²) in [4.78, 5) is 14.7. The third kappa shape index (κ3) is 4.59. The number of rotatable bonds is 5. The van der Waals surface area contributed by atoms with Gasteiger partial charge in [-0.3, -0.25) is 9.69 Å². The van der Waals surface area contributed by atoms with E-state index in [1.54, 1.807) is 0 Å². The molecule has 2 aromatic carbocycles. The fraction of sp³-hybridized carbons (Fsp3) is 0.350. The van der Waals surface area contributed by atoms with E-state index in [1.165, 1.54) is 19.3 Å². The maximum atomic E-state index is 13.4. The number of benzene rings is 2. The van der Waals surface area contributed by atoms with Crippen LogP contribution in [0.5, 0.6) is 0 Å². The second kappa shape index (κ2) is 8.60. The number of piperidine rings is 1. The van der Waals surface area contributed by atoms with Crippen LogP contribution < -0.4 is 5.32 Å². The van der Waals surface area contributed by atoms with Crippen LogP contribution in [-0.4, -0.2) is 23.9 Å². The van der Waals surface area contributed by atoms with E-state index in [-0.39, 0.29) is 10.6 Å². The van der Waals surface area contributed by atoms with Crippen LogP contribution in [0.25, 0.3) is 0 Å². The van der Waals surface area contributed by atoms with Crippen molar-refractivity contribution in [3.05, 3.63) is 69.7 Å². The number of carbonyl (C=O) groups excluding carboxylic acids is 1. The number of nitrogens with one attached hydrogen (secondary N) is 1. The van der Waals surface area contributed by atoms with Crippen LogP contribution in [-0.2, 0) is 13.1 Å². The average Bonchev–Trinajstić information content (AvgIpc) is 2.64. The molecule has 1 aliphatic heterocycles. The molecular formula is C20H21ClF2N2O. The van der Waals surface area contributed by atoms with E-state index in [0.29, 0.717) is 6.54 Å². The lowest BCUT2D eigenvalue weighted by Gasteiger charge is -2.27. The van der Waals surface area contributed by atoms with Gasteiger partial charge in [0.1, 0.15) is 0 Å². The van der Waals surface area contributed by atoms with Crippen molar-refractivity contribution in [1.82, 2.24) is 10.2 Å². The van der Waals surface area contributed by atoms with E-state index in [1.807, 2.05) is 18.2 Å². The third-order valence-corrected chi connectivity index (χ3v) is 4.97. The predicted molar refractivity (Wildman–Crippen MR) is 98.1 cm³/mol. The van der Waals surface area contributed by atoms with E-state index in [0.717, 1.165) is 42.9 Å². The molecule has 6 heteroatoms. The Labute approximate surface area is 157 Å². The van der Waals surface area contributed by atoms with Gasteiger partial charge in [-0.2, -0.15) is 0 Å². The summed E-state index contributed by atoms with van der Waals surface area (Å²) in [5, 5.41) is 2.64. The Bertz CT molecular complexity index is 791. The van der Waals surface area contributed by atoms with Gasteiger partial charge in [0.25, 0.3) is 5.91 Å². The van der Waals surface area contributed by atoms with Crippen molar-refractivity contribution in [3.63, 3.8) is 0 Å². The molecule has 0 radical (unpaired) electrons. The number of nitrogens with zero attached hydrogens (tertiary/aromatic N) is 1. The summed E-state index contributed by atoms with van der Waals surface area (Å²) >= 11 is 5.86. The van der Waals surface area contributed by atoms with Crippen LogP contribution >= 0.6 is 11.6 Å². The van der Waals surface area contributed by atoms with Crippen LogP contribution in [0.2, 0.25) is 5.02 Å². The summed E-state index contributed by atoms with van der Waals surface area (Å²) in [7, 11) is 0. The van der Waals surface area contributed by atoms with Crippen molar-refractivity contribution in [1.29, 1.82) is 0 Å². The highest BCUT2D eigenvalue weighted by atomic mass is 35.5. The smallest absolute Gasteiger partial charge is 0.253 e. The highest BCUT2D eigenvalue weighted by Crippen LogP contribution is 2.21. The molecule has 0 atom stereocenters. The van der Waals surface area contributed by atoms with Crippen LogP contribution in [0.3, 0.4) is 0 Å². The molecule has 0 aromatic heterocycles. The van der Waals surface area contributed by atoms with Crippen molar-refractivity contribution in [2.45, 2.75) is 32.4 Å². The minimum absolute atomic E-state index is 0.0703. The van der Waals surface area contributed by atoms with Crippen molar-refractivity contribution in [2.24, 2.45) is 0 Å². The van der Waals surface area contributed by atoms with Gasteiger partial charge in [-0.15, -0.1) is 0 Å². The molecule has 1 amide bonds. The maximum Gasteiger partial charge on any atom is 0.253 e. The van der Waals surface area contributed by atoms with Gasteiger partial charge in [-0.05, 0) is 49.2 Å². The number of amides is 1. The van der Waals surface area contributed by atoms with Crippen molar-refractivity contribution in [2.75, 3.05) is 13.1 Å². The average molecular weight is 379 g/mol. The highest BCUT2D eigenvalue weighted by Gasteiger charge is 2.16. The largest absolute Gasteiger partial charge is 0.348 e. The van der Waals surface area contributed by atoms with E-state index >= 15 is 0 Å². The van der Waals surface area contributed by atoms with Gasteiger partial charge in [0.2, 0.25) is 0 Å². The van der Waals surface area contributed by atoms with Gasteiger partial charge >= 0.3 is 0 Å². The first-order valence-corrected chi connectivity index (χ1v) is 9.14. The van der Waals surface area contributed by atoms with Crippen LogP contribution in [0.15, 0.2) is 36.4 Å². The summed E-state index contributed by atoms with van der Waals surface area (Å²) < 4.78 is 26.5. The summed E-state index contributed by atoms with van der Waals surface area (Å²) in [6, 6.07) is 9.57.